The van der Waals surface area contributed by atoms with Gasteiger partial charge in [-0.05, 0) is 50.9 Å². The number of rotatable bonds is 6. The number of amides is 2. The van der Waals surface area contributed by atoms with E-state index < -0.39 is 44.6 Å². The molecule has 11 heteroatoms. The van der Waals surface area contributed by atoms with Gasteiger partial charge in [-0.15, -0.1) is 0 Å². The predicted molar refractivity (Wildman–Crippen MR) is 131 cm³/mol. The maximum Gasteiger partial charge on any atom is 0.433 e. The van der Waals surface area contributed by atoms with Crippen LogP contribution in [-0.4, -0.2) is 51.2 Å². The van der Waals surface area contributed by atoms with Gasteiger partial charge in [-0.2, -0.15) is 13.2 Å². The van der Waals surface area contributed by atoms with E-state index in [1.807, 2.05) is 0 Å². The van der Waals surface area contributed by atoms with Crippen LogP contribution in [0.5, 0.6) is 0 Å². The van der Waals surface area contributed by atoms with Crippen molar-refractivity contribution in [3.63, 3.8) is 0 Å². The average molecular weight is 531 g/mol. The van der Waals surface area contributed by atoms with Gasteiger partial charge in [0.05, 0.1) is 17.5 Å². The lowest BCUT2D eigenvalue weighted by atomic mass is 9.90. The first-order chi connectivity index (χ1) is 16.2. The lowest BCUT2D eigenvalue weighted by Crippen LogP contribution is -2.71. The van der Waals surface area contributed by atoms with Crippen molar-refractivity contribution in [3.8, 4) is 11.8 Å². The summed E-state index contributed by atoms with van der Waals surface area (Å²) in [5.74, 6) is 3.05. The molecule has 1 unspecified atom stereocenters. The van der Waals surface area contributed by atoms with Crippen LogP contribution in [0, 0.1) is 17.8 Å². The summed E-state index contributed by atoms with van der Waals surface area (Å²) < 4.78 is 55.6. The van der Waals surface area contributed by atoms with Gasteiger partial charge in [0, 0.05) is 25.6 Å². The van der Waals surface area contributed by atoms with Gasteiger partial charge in [-0.1, -0.05) is 43.1 Å². The van der Waals surface area contributed by atoms with Gasteiger partial charge in [0.2, 0.25) is 0 Å². The molecule has 2 amide bonds. The Morgan fingerprint density at radius 1 is 1.26 bits per heavy atom. The molecule has 1 atom stereocenters. The van der Waals surface area contributed by atoms with E-state index >= 15 is 0 Å². The van der Waals surface area contributed by atoms with Crippen molar-refractivity contribution >= 4 is 43.1 Å². The number of carbonyl (C=O) groups excluding carboxylic acids is 2. The van der Waals surface area contributed by atoms with Gasteiger partial charge < -0.3 is 9.47 Å². The van der Waals surface area contributed by atoms with Crippen LogP contribution in [0.25, 0.3) is 0 Å². The number of fused-ring (bicyclic) bond motifs is 1. The first kappa shape index (κ1) is 27.4. The Morgan fingerprint density at radius 3 is 2.46 bits per heavy atom. The van der Waals surface area contributed by atoms with Crippen LogP contribution < -0.4 is 9.80 Å². The van der Waals surface area contributed by atoms with Gasteiger partial charge >= 0.3 is 12.3 Å². The third kappa shape index (κ3) is 5.96. The number of nitrogens with zero attached hydrogens (tertiary/aromatic N) is 2. The van der Waals surface area contributed by atoms with E-state index in [1.54, 1.807) is 0 Å². The standard InChI is InChI=1S/C24H30ClF3N2O4Si/c1-16(2)34-22(32)30-20-14-18(25)8-9-19(20)29(15-33-12-13-35(3,4)5)21(31)23(30,24(26,27)28)11-10-17-6-7-17/h8-9,14,16-17H,6-7,12-13,15H2,1-5H3. The zero-order valence-corrected chi connectivity index (χ0v) is 22.2. The summed E-state index contributed by atoms with van der Waals surface area (Å²) in [6, 6.07) is 4.80. The second-order valence-electron chi connectivity index (χ2n) is 10.2. The number of hydrogen-bond acceptors (Lipinski definition) is 4. The molecule has 1 fully saturated rings. The Balaban J connectivity index is 2.17. The number of hydrogen-bond donors (Lipinski definition) is 0. The maximum absolute atomic E-state index is 14.9. The van der Waals surface area contributed by atoms with Crippen molar-refractivity contribution in [2.45, 2.75) is 70.2 Å². The quantitative estimate of drug-likeness (QED) is 0.255. The number of benzene rings is 1. The summed E-state index contributed by atoms with van der Waals surface area (Å²) in [7, 11) is -1.48. The molecule has 1 aromatic carbocycles. The predicted octanol–water partition coefficient (Wildman–Crippen LogP) is 6.06. The number of halogens is 4. The Hall–Kier alpha value is -2.22. The second kappa shape index (κ2) is 10.0. The van der Waals surface area contributed by atoms with Crippen molar-refractivity contribution in [3.05, 3.63) is 23.2 Å². The minimum absolute atomic E-state index is 0.0567. The molecule has 0 saturated heterocycles. The van der Waals surface area contributed by atoms with Gasteiger partial charge in [0.1, 0.15) is 6.73 Å². The average Bonchev–Trinajstić information content (AvgIpc) is 3.53. The Bertz CT molecular complexity index is 1040. The molecule has 35 heavy (non-hydrogen) atoms. The summed E-state index contributed by atoms with van der Waals surface area (Å²) in [6.07, 6.45) is -6.03. The molecule has 3 rings (SSSR count). The van der Waals surface area contributed by atoms with Crippen molar-refractivity contribution in [2.24, 2.45) is 5.92 Å². The number of ether oxygens (including phenoxy) is 2. The first-order valence-electron chi connectivity index (χ1n) is 11.5. The molecule has 1 aliphatic carbocycles. The highest BCUT2D eigenvalue weighted by atomic mass is 35.5. The molecule has 2 aliphatic rings. The summed E-state index contributed by atoms with van der Waals surface area (Å²) in [6.45, 7) is 9.29. The van der Waals surface area contributed by atoms with E-state index in [2.05, 4.69) is 31.5 Å². The molecule has 0 bridgehead atoms. The third-order valence-corrected chi connectivity index (χ3v) is 7.48. The molecule has 0 N–H and O–H groups in total. The summed E-state index contributed by atoms with van der Waals surface area (Å²) in [5, 5.41) is 0.0891. The van der Waals surface area contributed by atoms with E-state index in [0.717, 1.165) is 10.9 Å². The molecular weight excluding hydrogens is 501 g/mol. The van der Waals surface area contributed by atoms with Gasteiger partial charge in [0.25, 0.3) is 11.4 Å². The Labute approximate surface area is 209 Å². The van der Waals surface area contributed by atoms with Crippen LogP contribution >= 0.6 is 11.6 Å². The van der Waals surface area contributed by atoms with Crippen molar-refractivity contribution < 1.29 is 32.2 Å². The van der Waals surface area contributed by atoms with Crippen LogP contribution in [0.4, 0.5) is 29.3 Å². The fourth-order valence-electron chi connectivity index (χ4n) is 3.50. The minimum Gasteiger partial charge on any atom is -0.446 e. The molecule has 0 radical (unpaired) electrons. The second-order valence-corrected chi connectivity index (χ2v) is 16.3. The van der Waals surface area contributed by atoms with Crippen LogP contribution in [0.15, 0.2) is 18.2 Å². The minimum atomic E-state index is -5.24. The van der Waals surface area contributed by atoms with Crippen LogP contribution in [0.2, 0.25) is 30.7 Å². The molecule has 192 valence electrons. The fourth-order valence-corrected chi connectivity index (χ4v) is 4.42. The molecular formula is C24H30ClF3N2O4Si. The molecule has 0 spiro atoms. The zero-order chi connectivity index (χ0) is 26.2. The highest BCUT2D eigenvalue weighted by Gasteiger charge is 2.70. The lowest BCUT2D eigenvalue weighted by Gasteiger charge is -2.46. The number of alkyl halides is 3. The molecule has 1 saturated carbocycles. The monoisotopic (exact) mass is 530 g/mol. The maximum atomic E-state index is 14.9. The normalized spacial score (nSPS) is 20.5. The van der Waals surface area contributed by atoms with Crippen LogP contribution in [0.3, 0.4) is 0 Å². The summed E-state index contributed by atoms with van der Waals surface area (Å²) in [5.41, 5.74) is -3.65. The highest BCUT2D eigenvalue weighted by Crippen LogP contribution is 2.49. The molecule has 1 aromatic rings. The lowest BCUT2D eigenvalue weighted by molar-refractivity contribution is -0.178. The Kier molecular flexibility index (Phi) is 7.84. The highest BCUT2D eigenvalue weighted by molar-refractivity contribution is 6.76. The van der Waals surface area contributed by atoms with Crippen molar-refractivity contribution in [2.75, 3.05) is 23.1 Å². The largest absolute Gasteiger partial charge is 0.446 e. The van der Waals surface area contributed by atoms with Gasteiger partial charge in [-0.3, -0.25) is 9.69 Å². The molecule has 6 nitrogen and oxygen atoms in total. The van der Waals surface area contributed by atoms with Gasteiger partial charge in [0.15, 0.2) is 0 Å². The van der Waals surface area contributed by atoms with Crippen LogP contribution in [-0.2, 0) is 14.3 Å². The van der Waals surface area contributed by atoms with E-state index in [9.17, 15) is 22.8 Å². The van der Waals surface area contributed by atoms with Crippen molar-refractivity contribution in [1.82, 2.24) is 0 Å². The zero-order valence-electron chi connectivity index (χ0n) is 20.5. The Morgan fingerprint density at radius 2 is 1.91 bits per heavy atom. The molecule has 0 aromatic heterocycles. The topological polar surface area (TPSA) is 59.1 Å². The summed E-state index contributed by atoms with van der Waals surface area (Å²) >= 11 is 6.13. The van der Waals surface area contributed by atoms with E-state index in [4.69, 9.17) is 21.1 Å². The first-order valence-corrected chi connectivity index (χ1v) is 15.6. The molecule has 1 heterocycles. The SMILES string of the molecule is CC(C)OC(=O)N1c2cc(Cl)ccc2N(COCC[Si](C)(C)C)C(=O)C1(C#CC1CC1)C(F)(F)F. The number of anilines is 2. The fraction of sp³-hybridized carbons (Fsp3) is 0.583. The third-order valence-electron chi connectivity index (χ3n) is 5.54. The van der Waals surface area contributed by atoms with Crippen molar-refractivity contribution in [1.29, 1.82) is 0 Å². The van der Waals surface area contributed by atoms with E-state index in [-0.39, 0.29) is 28.9 Å². The molecule has 1 aliphatic heterocycles. The summed E-state index contributed by atoms with van der Waals surface area (Å²) in [4.78, 5) is 28.0. The van der Waals surface area contributed by atoms with Gasteiger partial charge in [-0.25, -0.2) is 9.69 Å². The van der Waals surface area contributed by atoms with E-state index in [0.29, 0.717) is 17.7 Å². The van der Waals surface area contributed by atoms with Crippen LogP contribution in [0.1, 0.15) is 26.7 Å². The number of carbonyl (C=O) groups is 2. The van der Waals surface area contributed by atoms with E-state index in [1.165, 1.54) is 32.0 Å². The smallest absolute Gasteiger partial charge is 0.433 e.